The number of hydrogen-bond donors (Lipinski definition) is 0. The van der Waals surface area contributed by atoms with E-state index < -0.39 is 0 Å². The summed E-state index contributed by atoms with van der Waals surface area (Å²) in [5.41, 5.74) is 2.05. The first-order valence-corrected chi connectivity index (χ1v) is 7.77. The van der Waals surface area contributed by atoms with Crippen molar-refractivity contribution < 1.29 is 13.6 Å². The quantitative estimate of drug-likeness (QED) is 0.696. The van der Waals surface area contributed by atoms with Crippen molar-refractivity contribution in [1.82, 2.24) is 15.1 Å². The second-order valence-electron chi connectivity index (χ2n) is 5.70. The molecule has 0 radical (unpaired) electrons. The van der Waals surface area contributed by atoms with Gasteiger partial charge < -0.3 is 13.7 Å². The molecule has 0 aliphatic rings. The molecule has 1 aromatic carbocycles. The Kier molecular flexibility index (Phi) is 4.74. The molecule has 0 fully saturated rings. The SMILES string of the molecule is Cc1ccc(-c2nnc(CCC(=O)N(C)Cc3ccco3)o2)cc1. The number of carbonyl (C=O) groups excluding carboxylic acids is 1. The van der Waals surface area contributed by atoms with Crippen molar-refractivity contribution in [2.75, 3.05) is 7.05 Å². The Morgan fingerprint density at radius 1 is 1.17 bits per heavy atom. The molecule has 0 atom stereocenters. The van der Waals surface area contributed by atoms with Crippen molar-refractivity contribution in [2.24, 2.45) is 0 Å². The summed E-state index contributed by atoms with van der Waals surface area (Å²) in [6.07, 6.45) is 2.33. The number of aryl methyl sites for hydroxylation is 2. The molecule has 2 heterocycles. The van der Waals surface area contributed by atoms with E-state index in [0.29, 0.717) is 31.2 Å². The molecule has 3 aromatic rings. The number of rotatable bonds is 6. The van der Waals surface area contributed by atoms with Gasteiger partial charge in [-0.2, -0.15) is 0 Å². The largest absolute Gasteiger partial charge is 0.467 e. The first-order valence-electron chi connectivity index (χ1n) is 7.77. The van der Waals surface area contributed by atoms with Gasteiger partial charge in [-0.3, -0.25) is 4.79 Å². The van der Waals surface area contributed by atoms with E-state index in [9.17, 15) is 4.79 Å². The van der Waals surface area contributed by atoms with Crippen LogP contribution in [0.15, 0.2) is 51.5 Å². The topological polar surface area (TPSA) is 72.4 Å². The number of amides is 1. The van der Waals surface area contributed by atoms with Crippen LogP contribution in [0.2, 0.25) is 0 Å². The first kappa shape index (κ1) is 16.0. The lowest BCUT2D eigenvalue weighted by Gasteiger charge is -2.14. The van der Waals surface area contributed by atoms with Crippen LogP contribution in [0.3, 0.4) is 0 Å². The summed E-state index contributed by atoms with van der Waals surface area (Å²) in [7, 11) is 1.75. The smallest absolute Gasteiger partial charge is 0.247 e. The minimum Gasteiger partial charge on any atom is -0.467 e. The molecule has 0 N–H and O–H groups in total. The first-order chi connectivity index (χ1) is 11.6. The molecule has 2 aromatic heterocycles. The Balaban J connectivity index is 1.55. The average Bonchev–Trinajstić information content (AvgIpc) is 3.25. The standard InChI is InChI=1S/C18H19N3O3/c1-13-5-7-14(8-6-13)18-20-19-16(24-18)9-10-17(22)21(2)12-15-4-3-11-23-15/h3-8,11H,9-10,12H2,1-2H3. The van der Waals surface area contributed by atoms with Gasteiger partial charge in [0.25, 0.3) is 0 Å². The second-order valence-corrected chi connectivity index (χ2v) is 5.70. The third-order valence-corrected chi connectivity index (χ3v) is 3.72. The molecule has 0 aliphatic heterocycles. The maximum atomic E-state index is 12.2. The van der Waals surface area contributed by atoms with Gasteiger partial charge in [-0.15, -0.1) is 10.2 Å². The summed E-state index contributed by atoms with van der Waals surface area (Å²) >= 11 is 0. The highest BCUT2D eigenvalue weighted by atomic mass is 16.4. The Labute approximate surface area is 140 Å². The fourth-order valence-corrected chi connectivity index (χ4v) is 2.30. The van der Waals surface area contributed by atoms with Crippen LogP contribution in [-0.2, 0) is 17.8 Å². The normalized spacial score (nSPS) is 10.8. The molecule has 0 saturated carbocycles. The van der Waals surface area contributed by atoms with E-state index in [0.717, 1.165) is 11.3 Å². The maximum absolute atomic E-state index is 12.2. The molecule has 6 heteroatoms. The van der Waals surface area contributed by atoms with E-state index >= 15 is 0 Å². The van der Waals surface area contributed by atoms with Crippen LogP contribution in [0.1, 0.15) is 23.6 Å². The van der Waals surface area contributed by atoms with Gasteiger partial charge in [0, 0.05) is 25.5 Å². The van der Waals surface area contributed by atoms with Gasteiger partial charge in [0.2, 0.25) is 17.7 Å². The monoisotopic (exact) mass is 325 g/mol. The van der Waals surface area contributed by atoms with Gasteiger partial charge in [0.05, 0.1) is 12.8 Å². The Hall–Kier alpha value is -2.89. The van der Waals surface area contributed by atoms with Crippen molar-refractivity contribution >= 4 is 5.91 Å². The van der Waals surface area contributed by atoms with Crippen LogP contribution in [0.5, 0.6) is 0 Å². The van der Waals surface area contributed by atoms with Gasteiger partial charge in [0.15, 0.2) is 0 Å². The lowest BCUT2D eigenvalue weighted by atomic mass is 10.1. The fourth-order valence-electron chi connectivity index (χ4n) is 2.30. The van der Waals surface area contributed by atoms with Crippen molar-refractivity contribution in [3.63, 3.8) is 0 Å². The van der Waals surface area contributed by atoms with Crippen LogP contribution < -0.4 is 0 Å². The van der Waals surface area contributed by atoms with E-state index in [-0.39, 0.29) is 5.91 Å². The summed E-state index contributed by atoms with van der Waals surface area (Å²) in [5.74, 6) is 1.69. The van der Waals surface area contributed by atoms with Crippen molar-refractivity contribution in [3.8, 4) is 11.5 Å². The lowest BCUT2D eigenvalue weighted by molar-refractivity contribution is -0.130. The van der Waals surface area contributed by atoms with Gasteiger partial charge in [-0.1, -0.05) is 17.7 Å². The van der Waals surface area contributed by atoms with Crippen LogP contribution in [0.4, 0.5) is 0 Å². The Morgan fingerprint density at radius 3 is 2.67 bits per heavy atom. The molecule has 1 amide bonds. The molecular weight excluding hydrogens is 306 g/mol. The number of nitrogens with zero attached hydrogens (tertiary/aromatic N) is 3. The zero-order valence-electron chi connectivity index (χ0n) is 13.7. The zero-order chi connectivity index (χ0) is 16.9. The maximum Gasteiger partial charge on any atom is 0.247 e. The fraction of sp³-hybridized carbons (Fsp3) is 0.278. The summed E-state index contributed by atoms with van der Waals surface area (Å²) in [4.78, 5) is 13.8. The van der Waals surface area contributed by atoms with E-state index in [2.05, 4.69) is 10.2 Å². The molecular formula is C18H19N3O3. The molecule has 0 spiro atoms. The van der Waals surface area contributed by atoms with Crippen molar-refractivity contribution in [3.05, 3.63) is 59.9 Å². The van der Waals surface area contributed by atoms with Crippen LogP contribution in [0, 0.1) is 6.92 Å². The highest BCUT2D eigenvalue weighted by Gasteiger charge is 2.14. The average molecular weight is 325 g/mol. The summed E-state index contributed by atoms with van der Waals surface area (Å²) in [6, 6.07) is 11.5. The summed E-state index contributed by atoms with van der Waals surface area (Å²) in [6.45, 7) is 2.47. The van der Waals surface area contributed by atoms with Crippen molar-refractivity contribution in [1.29, 1.82) is 0 Å². The molecule has 0 aliphatic carbocycles. The van der Waals surface area contributed by atoms with Crippen LogP contribution in [-0.4, -0.2) is 28.1 Å². The third-order valence-electron chi connectivity index (χ3n) is 3.72. The molecule has 24 heavy (non-hydrogen) atoms. The lowest BCUT2D eigenvalue weighted by Crippen LogP contribution is -2.26. The third kappa shape index (κ3) is 3.90. The minimum absolute atomic E-state index is 0.00138. The van der Waals surface area contributed by atoms with E-state index in [1.165, 1.54) is 5.56 Å². The molecule has 6 nitrogen and oxygen atoms in total. The predicted octanol–water partition coefficient (Wildman–Crippen LogP) is 3.23. The number of aromatic nitrogens is 2. The number of hydrogen-bond acceptors (Lipinski definition) is 5. The molecule has 0 saturated heterocycles. The van der Waals surface area contributed by atoms with Crippen molar-refractivity contribution in [2.45, 2.75) is 26.3 Å². The van der Waals surface area contributed by atoms with E-state index in [1.807, 2.05) is 37.3 Å². The minimum atomic E-state index is 0.00138. The Morgan fingerprint density at radius 2 is 1.96 bits per heavy atom. The van der Waals surface area contributed by atoms with E-state index in [1.54, 1.807) is 24.3 Å². The zero-order valence-corrected chi connectivity index (χ0v) is 13.7. The highest BCUT2D eigenvalue weighted by molar-refractivity contribution is 5.75. The number of furan rings is 1. The molecule has 0 unspecified atom stereocenters. The summed E-state index contributed by atoms with van der Waals surface area (Å²) in [5, 5.41) is 8.06. The van der Waals surface area contributed by atoms with Gasteiger partial charge in [0.1, 0.15) is 5.76 Å². The molecule has 3 rings (SSSR count). The molecule has 0 bridgehead atoms. The second kappa shape index (κ2) is 7.12. The number of benzene rings is 1. The predicted molar refractivity (Wildman–Crippen MR) is 88.0 cm³/mol. The van der Waals surface area contributed by atoms with Gasteiger partial charge in [-0.25, -0.2) is 0 Å². The molecule has 124 valence electrons. The Bertz CT molecular complexity index is 791. The van der Waals surface area contributed by atoms with E-state index in [4.69, 9.17) is 8.83 Å². The van der Waals surface area contributed by atoms with Crippen LogP contribution >= 0.6 is 0 Å². The van der Waals surface area contributed by atoms with Gasteiger partial charge >= 0.3 is 0 Å². The van der Waals surface area contributed by atoms with Gasteiger partial charge in [-0.05, 0) is 31.2 Å². The van der Waals surface area contributed by atoms with Crippen LogP contribution in [0.25, 0.3) is 11.5 Å². The summed E-state index contributed by atoms with van der Waals surface area (Å²) < 4.78 is 10.9. The number of carbonyl (C=O) groups is 1. The highest BCUT2D eigenvalue weighted by Crippen LogP contribution is 2.19.